The second-order valence-electron chi connectivity index (χ2n) is 4.46. The Morgan fingerprint density at radius 3 is 2.30 bits per heavy atom. The molecular weight excluding hydrogens is 274 g/mol. The quantitative estimate of drug-likeness (QED) is 0.315. The molecule has 0 aromatic heterocycles. The monoisotopic (exact) mass is 293 g/mol. The maximum atomic E-state index is 11.3. The molecule has 0 spiro atoms. The van der Waals surface area contributed by atoms with Crippen LogP contribution in [0.1, 0.15) is 12.8 Å². The van der Waals surface area contributed by atoms with Crippen molar-refractivity contribution in [3.63, 3.8) is 0 Å². The summed E-state index contributed by atoms with van der Waals surface area (Å²) in [5, 5.41) is 37.5. The van der Waals surface area contributed by atoms with E-state index in [4.69, 9.17) is 15.2 Å². The van der Waals surface area contributed by atoms with E-state index in [1.54, 1.807) is 0 Å². The predicted molar refractivity (Wildman–Crippen MR) is 63.2 cm³/mol. The number of hydrogen-bond acceptors (Lipinski definition) is 9. The van der Waals surface area contributed by atoms with Gasteiger partial charge in [-0.15, -0.1) is 0 Å². The van der Waals surface area contributed by atoms with Gasteiger partial charge in [0.2, 0.25) is 0 Å². The first-order valence-electron chi connectivity index (χ1n) is 6.12. The van der Waals surface area contributed by atoms with E-state index in [9.17, 15) is 30.0 Å². The van der Waals surface area contributed by atoms with E-state index in [1.165, 1.54) is 0 Å². The van der Waals surface area contributed by atoms with Gasteiger partial charge in [0.15, 0.2) is 6.29 Å². The summed E-state index contributed by atoms with van der Waals surface area (Å²) >= 11 is 0. The molecule has 0 saturated carbocycles. The largest absolute Gasteiger partial charge is 0.463 e. The normalized spacial score (nSPS) is 33.8. The van der Waals surface area contributed by atoms with Gasteiger partial charge in [-0.05, 0) is 0 Å². The van der Waals surface area contributed by atoms with E-state index >= 15 is 0 Å². The van der Waals surface area contributed by atoms with Crippen LogP contribution in [0, 0.1) is 0 Å². The lowest BCUT2D eigenvalue weighted by molar-refractivity contribution is -0.287. The molecule has 116 valence electrons. The van der Waals surface area contributed by atoms with Gasteiger partial charge >= 0.3 is 5.97 Å². The number of nitrogens with two attached hydrogens (primary N) is 1. The van der Waals surface area contributed by atoms with E-state index in [0.717, 1.165) is 0 Å². The number of aliphatic hydroxyl groups is 4. The first-order valence-corrected chi connectivity index (χ1v) is 6.12. The van der Waals surface area contributed by atoms with Gasteiger partial charge in [-0.25, -0.2) is 0 Å². The van der Waals surface area contributed by atoms with Crippen molar-refractivity contribution in [2.75, 3.05) is 13.2 Å². The molecule has 0 bridgehead atoms. The molecule has 1 fully saturated rings. The SMILES string of the molecule is NCC(=O)CCC(=O)OC[C@H]1O[C@H](O)[C@@H](O)[C@@H](O)[C@@H]1O. The summed E-state index contributed by atoms with van der Waals surface area (Å²) in [6.45, 7) is -0.578. The van der Waals surface area contributed by atoms with Crippen LogP contribution in [0.3, 0.4) is 0 Å². The molecule has 9 nitrogen and oxygen atoms in total. The number of rotatable bonds is 6. The van der Waals surface area contributed by atoms with Crippen molar-refractivity contribution in [2.24, 2.45) is 5.73 Å². The van der Waals surface area contributed by atoms with Crippen molar-refractivity contribution in [3.05, 3.63) is 0 Å². The first kappa shape index (κ1) is 17.0. The lowest BCUT2D eigenvalue weighted by Gasteiger charge is -2.37. The fourth-order valence-corrected chi connectivity index (χ4v) is 1.66. The van der Waals surface area contributed by atoms with E-state index < -0.39 is 43.3 Å². The zero-order valence-corrected chi connectivity index (χ0v) is 10.7. The second-order valence-corrected chi connectivity index (χ2v) is 4.46. The number of esters is 1. The van der Waals surface area contributed by atoms with E-state index in [0.29, 0.717) is 0 Å². The van der Waals surface area contributed by atoms with Gasteiger partial charge in [0.1, 0.15) is 36.8 Å². The zero-order chi connectivity index (χ0) is 15.3. The van der Waals surface area contributed by atoms with Crippen molar-refractivity contribution >= 4 is 11.8 Å². The van der Waals surface area contributed by atoms with E-state index in [-0.39, 0.29) is 25.2 Å². The molecule has 5 atom stereocenters. The summed E-state index contributed by atoms with van der Waals surface area (Å²) in [6.07, 6.45) is -7.82. The molecule has 1 aliphatic rings. The molecule has 0 aromatic rings. The Bertz CT molecular complexity index is 349. The minimum Gasteiger partial charge on any atom is -0.463 e. The van der Waals surface area contributed by atoms with Crippen LogP contribution in [-0.2, 0) is 19.1 Å². The number of aliphatic hydroxyl groups excluding tert-OH is 4. The molecule has 0 radical (unpaired) electrons. The Morgan fingerprint density at radius 2 is 1.70 bits per heavy atom. The fraction of sp³-hybridized carbons (Fsp3) is 0.818. The minimum atomic E-state index is -1.68. The molecule has 9 heteroatoms. The topological polar surface area (TPSA) is 160 Å². The molecular formula is C11H19NO8. The molecule has 0 unspecified atom stereocenters. The summed E-state index contributed by atoms with van der Waals surface area (Å²) in [5.74, 6) is -0.984. The Hall–Kier alpha value is -1.10. The Morgan fingerprint density at radius 1 is 1.05 bits per heavy atom. The average Bonchev–Trinajstić information content (AvgIpc) is 2.44. The van der Waals surface area contributed by atoms with Crippen LogP contribution in [0.25, 0.3) is 0 Å². The number of ether oxygens (including phenoxy) is 2. The lowest BCUT2D eigenvalue weighted by Crippen LogP contribution is -2.58. The molecule has 1 heterocycles. The highest BCUT2D eigenvalue weighted by Gasteiger charge is 2.43. The standard InChI is InChI=1S/C11H19NO8/c12-3-5(13)1-2-7(14)19-4-6-8(15)9(16)10(17)11(18)20-6/h6,8-11,15-18H,1-4,12H2/t6-,8-,9+,10+,11+/m1/s1. The molecule has 0 aromatic carbocycles. The Labute approximate surface area is 114 Å². The highest BCUT2D eigenvalue weighted by Crippen LogP contribution is 2.20. The van der Waals surface area contributed by atoms with Crippen LogP contribution in [0.15, 0.2) is 0 Å². The molecule has 20 heavy (non-hydrogen) atoms. The highest BCUT2D eigenvalue weighted by atomic mass is 16.6. The number of carbonyl (C=O) groups is 2. The molecule has 1 aliphatic heterocycles. The average molecular weight is 293 g/mol. The maximum absolute atomic E-state index is 11.3. The van der Waals surface area contributed by atoms with Gasteiger partial charge in [0, 0.05) is 6.42 Å². The number of hydrogen-bond donors (Lipinski definition) is 5. The summed E-state index contributed by atoms with van der Waals surface area (Å²) in [7, 11) is 0. The predicted octanol–water partition coefficient (Wildman–Crippen LogP) is -3.36. The van der Waals surface area contributed by atoms with Crippen LogP contribution in [0.4, 0.5) is 0 Å². The molecule has 1 rings (SSSR count). The van der Waals surface area contributed by atoms with Gasteiger partial charge in [-0.2, -0.15) is 0 Å². The van der Waals surface area contributed by atoms with Gasteiger partial charge in [0.25, 0.3) is 0 Å². The van der Waals surface area contributed by atoms with Crippen molar-refractivity contribution in [1.82, 2.24) is 0 Å². The van der Waals surface area contributed by atoms with Crippen molar-refractivity contribution in [1.29, 1.82) is 0 Å². The lowest BCUT2D eigenvalue weighted by atomic mass is 9.99. The maximum Gasteiger partial charge on any atom is 0.306 e. The number of Topliss-reactive ketones (excluding diaryl/α,β-unsaturated/α-hetero) is 1. The minimum absolute atomic E-state index is 0.0482. The van der Waals surface area contributed by atoms with E-state index in [1.807, 2.05) is 0 Å². The van der Waals surface area contributed by atoms with Gasteiger partial charge < -0.3 is 35.6 Å². The van der Waals surface area contributed by atoms with Gasteiger partial charge in [0.05, 0.1) is 13.0 Å². The third kappa shape index (κ3) is 4.47. The van der Waals surface area contributed by atoms with Gasteiger partial charge in [-0.3, -0.25) is 9.59 Å². The highest BCUT2D eigenvalue weighted by molar-refractivity contribution is 5.84. The van der Waals surface area contributed by atoms with Gasteiger partial charge in [-0.1, -0.05) is 0 Å². The van der Waals surface area contributed by atoms with Crippen molar-refractivity contribution in [3.8, 4) is 0 Å². The fourth-order valence-electron chi connectivity index (χ4n) is 1.66. The Balaban J connectivity index is 2.37. The molecule has 0 aliphatic carbocycles. The van der Waals surface area contributed by atoms with Crippen LogP contribution < -0.4 is 5.73 Å². The molecule has 6 N–H and O–H groups in total. The zero-order valence-electron chi connectivity index (χ0n) is 10.7. The van der Waals surface area contributed by atoms with E-state index in [2.05, 4.69) is 0 Å². The molecule has 0 amide bonds. The summed E-state index contributed by atoms with van der Waals surface area (Å²) in [4.78, 5) is 22.2. The molecule has 1 saturated heterocycles. The number of ketones is 1. The Kier molecular flexibility index (Phi) is 6.46. The van der Waals surface area contributed by atoms with Crippen molar-refractivity contribution in [2.45, 2.75) is 43.5 Å². The summed E-state index contributed by atoms with van der Waals surface area (Å²) in [5.41, 5.74) is 5.08. The van der Waals surface area contributed by atoms with Crippen molar-refractivity contribution < 1.29 is 39.5 Å². The summed E-state index contributed by atoms with van der Waals surface area (Å²) in [6, 6.07) is 0. The first-order chi connectivity index (χ1) is 9.36. The van der Waals surface area contributed by atoms with Crippen LogP contribution in [-0.4, -0.2) is 76.0 Å². The second kappa shape index (κ2) is 7.62. The van der Waals surface area contributed by atoms with Crippen LogP contribution in [0.2, 0.25) is 0 Å². The smallest absolute Gasteiger partial charge is 0.306 e. The number of carbonyl (C=O) groups excluding carboxylic acids is 2. The third-order valence-electron chi connectivity index (χ3n) is 2.93. The van der Waals surface area contributed by atoms with Crippen LogP contribution >= 0.6 is 0 Å². The summed E-state index contributed by atoms with van der Waals surface area (Å²) < 4.78 is 9.57. The third-order valence-corrected chi connectivity index (χ3v) is 2.93. The van der Waals surface area contributed by atoms with Crippen LogP contribution in [0.5, 0.6) is 0 Å².